The zero-order valence-electron chi connectivity index (χ0n) is 12.7. The largest absolute Gasteiger partial charge is 0.366 e. The Kier molecular flexibility index (Phi) is 6.38. The predicted molar refractivity (Wildman–Crippen MR) is 98.8 cm³/mol. The molecule has 2 rings (SSSR count). The van der Waals surface area contributed by atoms with Gasteiger partial charge in [0.15, 0.2) is 5.82 Å². The van der Waals surface area contributed by atoms with E-state index in [9.17, 15) is 14.0 Å². The number of piperidine rings is 1. The first kappa shape index (κ1) is 18.6. The molecule has 0 aromatic heterocycles. The molecule has 0 aliphatic carbocycles. The standard InChI is InChI=1S/C15H18BrFIN3O2/c1-2-21-5-3-8(4-6-21)15(23)20-13-9(14(19)22)7-10(18)11(16)12(13)17/h7-8H,2-6H2,1H3,(H2,19,22)(H,20,23). The first-order chi connectivity index (χ1) is 10.8. The van der Waals surface area contributed by atoms with Crippen molar-refractivity contribution < 1.29 is 14.0 Å². The fourth-order valence-electron chi connectivity index (χ4n) is 2.65. The summed E-state index contributed by atoms with van der Waals surface area (Å²) in [7, 11) is 0. The number of nitrogens with zero attached hydrogens (tertiary/aromatic N) is 1. The Morgan fingerprint density at radius 3 is 2.61 bits per heavy atom. The van der Waals surface area contributed by atoms with Crippen molar-refractivity contribution in [3.63, 3.8) is 0 Å². The van der Waals surface area contributed by atoms with Gasteiger partial charge in [0.05, 0.1) is 15.7 Å². The Bertz CT molecular complexity index is 634. The molecule has 1 heterocycles. The third kappa shape index (κ3) is 4.21. The molecule has 1 fully saturated rings. The molecule has 126 valence electrons. The van der Waals surface area contributed by atoms with Crippen LogP contribution in [0.5, 0.6) is 0 Å². The summed E-state index contributed by atoms with van der Waals surface area (Å²) >= 11 is 5.02. The molecule has 1 saturated heterocycles. The van der Waals surface area contributed by atoms with E-state index < -0.39 is 11.7 Å². The molecule has 1 aliphatic rings. The summed E-state index contributed by atoms with van der Waals surface area (Å²) in [4.78, 5) is 26.2. The van der Waals surface area contributed by atoms with Crippen molar-refractivity contribution in [2.75, 3.05) is 25.0 Å². The number of carbonyl (C=O) groups is 2. The van der Waals surface area contributed by atoms with E-state index in [0.29, 0.717) is 3.57 Å². The highest BCUT2D eigenvalue weighted by molar-refractivity contribution is 14.1. The number of hydrogen-bond acceptors (Lipinski definition) is 3. The highest BCUT2D eigenvalue weighted by atomic mass is 127. The van der Waals surface area contributed by atoms with Gasteiger partial charge in [0, 0.05) is 9.49 Å². The van der Waals surface area contributed by atoms with E-state index in [-0.39, 0.29) is 27.5 Å². The molecular weight excluding hydrogens is 480 g/mol. The molecule has 0 spiro atoms. The van der Waals surface area contributed by atoms with Crippen LogP contribution in [0.3, 0.4) is 0 Å². The second-order valence-corrected chi connectivity index (χ2v) is 7.43. The maximum absolute atomic E-state index is 14.4. The number of benzene rings is 1. The van der Waals surface area contributed by atoms with Gasteiger partial charge in [-0.15, -0.1) is 0 Å². The van der Waals surface area contributed by atoms with Gasteiger partial charge < -0.3 is 16.0 Å². The SMILES string of the molecule is CCN1CCC(C(=O)Nc2c(C(N)=O)cc(I)c(Br)c2F)CC1. The summed E-state index contributed by atoms with van der Waals surface area (Å²) in [6.45, 7) is 4.73. The van der Waals surface area contributed by atoms with Crippen LogP contribution in [-0.4, -0.2) is 36.3 Å². The number of nitrogens with one attached hydrogen (secondary N) is 1. The molecule has 1 aliphatic heterocycles. The van der Waals surface area contributed by atoms with E-state index in [1.807, 2.05) is 22.6 Å². The molecular formula is C15H18BrFIN3O2. The van der Waals surface area contributed by atoms with E-state index in [4.69, 9.17) is 5.73 Å². The van der Waals surface area contributed by atoms with Crippen molar-refractivity contribution in [2.24, 2.45) is 11.7 Å². The van der Waals surface area contributed by atoms with Gasteiger partial charge in [-0.1, -0.05) is 6.92 Å². The van der Waals surface area contributed by atoms with Gasteiger partial charge in [-0.3, -0.25) is 9.59 Å². The van der Waals surface area contributed by atoms with Crippen LogP contribution in [-0.2, 0) is 4.79 Å². The molecule has 0 saturated carbocycles. The fourth-order valence-corrected chi connectivity index (χ4v) is 3.51. The number of likely N-dealkylation sites (tertiary alicyclic amines) is 1. The van der Waals surface area contributed by atoms with Gasteiger partial charge in [0.1, 0.15) is 0 Å². The van der Waals surface area contributed by atoms with Crippen LogP contribution in [0.25, 0.3) is 0 Å². The molecule has 5 nitrogen and oxygen atoms in total. The van der Waals surface area contributed by atoms with Crippen LogP contribution in [0, 0.1) is 15.3 Å². The van der Waals surface area contributed by atoms with E-state index >= 15 is 0 Å². The Balaban J connectivity index is 2.21. The van der Waals surface area contributed by atoms with E-state index in [1.54, 1.807) is 0 Å². The van der Waals surface area contributed by atoms with Gasteiger partial charge in [-0.25, -0.2) is 4.39 Å². The molecule has 2 amide bonds. The third-order valence-corrected chi connectivity index (χ3v) is 6.45. The summed E-state index contributed by atoms with van der Waals surface area (Å²) in [6.07, 6.45) is 1.44. The normalized spacial score (nSPS) is 16.3. The van der Waals surface area contributed by atoms with Gasteiger partial charge in [-0.2, -0.15) is 0 Å². The lowest BCUT2D eigenvalue weighted by Crippen LogP contribution is -2.38. The fraction of sp³-hybridized carbons (Fsp3) is 0.467. The van der Waals surface area contributed by atoms with Crippen molar-refractivity contribution in [1.29, 1.82) is 0 Å². The number of amides is 2. The third-order valence-electron chi connectivity index (χ3n) is 4.08. The van der Waals surface area contributed by atoms with Crippen molar-refractivity contribution >= 4 is 56.0 Å². The Hall–Kier alpha value is -0.740. The molecule has 1 aromatic carbocycles. The number of anilines is 1. The van der Waals surface area contributed by atoms with Gasteiger partial charge in [0.25, 0.3) is 5.91 Å². The Morgan fingerprint density at radius 1 is 1.48 bits per heavy atom. The molecule has 1 aromatic rings. The van der Waals surface area contributed by atoms with Crippen LogP contribution >= 0.6 is 38.5 Å². The van der Waals surface area contributed by atoms with Crippen LogP contribution < -0.4 is 11.1 Å². The minimum Gasteiger partial charge on any atom is -0.366 e. The van der Waals surface area contributed by atoms with Crippen molar-refractivity contribution in [2.45, 2.75) is 19.8 Å². The van der Waals surface area contributed by atoms with E-state index in [1.165, 1.54) is 6.07 Å². The smallest absolute Gasteiger partial charge is 0.250 e. The second kappa shape index (κ2) is 7.89. The second-order valence-electron chi connectivity index (χ2n) is 5.47. The molecule has 0 radical (unpaired) electrons. The Morgan fingerprint density at radius 2 is 2.09 bits per heavy atom. The average Bonchev–Trinajstić information content (AvgIpc) is 2.54. The zero-order chi connectivity index (χ0) is 17.1. The topological polar surface area (TPSA) is 75.4 Å². The summed E-state index contributed by atoms with van der Waals surface area (Å²) in [5.74, 6) is -1.90. The molecule has 3 N–H and O–H groups in total. The van der Waals surface area contributed by atoms with Gasteiger partial charge in [0.2, 0.25) is 5.91 Å². The first-order valence-corrected chi connectivity index (χ1v) is 9.22. The number of carbonyl (C=O) groups excluding carboxylic acids is 2. The van der Waals surface area contributed by atoms with Crippen LogP contribution in [0.15, 0.2) is 10.5 Å². The summed E-state index contributed by atoms with van der Waals surface area (Å²) < 4.78 is 15.2. The van der Waals surface area contributed by atoms with Crippen LogP contribution in [0.2, 0.25) is 0 Å². The van der Waals surface area contributed by atoms with Crippen molar-refractivity contribution in [3.05, 3.63) is 25.5 Å². The summed E-state index contributed by atoms with van der Waals surface area (Å²) in [6, 6.07) is 1.46. The maximum Gasteiger partial charge on any atom is 0.250 e. The molecule has 0 atom stereocenters. The minimum absolute atomic E-state index is 0.0190. The van der Waals surface area contributed by atoms with Crippen molar-refractivity contribution in [1.82, 2.24) is 4.90 Å². The van der Waals surface area contributed by atoms with Crippen molar-refractivity contribution in [3.8, 4) is 0 Å². The highest BCUT2D eigenvalue weighted by Gasteiger charge is 2.27. The average molecular weight is 498 g/mol. The van der Waals surface area contributed by atoms with Gasteiger partial charge >= 0.3 is 0 Å². The lowest BCUT2D eigenvalue weighted by atomic mass is 9.95. The monoisotopic (exact) mass is 497 g/mol. The molecule has 23 heavy (non-hydrogen) atoms. The molecule has 0 unspecified atom stereocenters. The lowest BCUT2D eigenvalue weighted by Gasteiger charge is -2.30. The van der Waals surface area contributed by atoms with E-state index in [2.05, 4.69) is 33.1 Å². The minimum atomic E-state index is -0.773. The zero-order valence-corrected chi connectivity index (χ0v) is 16.4. The highest BCUT2D eigenvalue weighted by Crippen LogP contribution is 2.32. The predicted octanol–water partition coefficient (Wildman–Crippen LogP) is 2.96. The Labute approximate surface area is 156 Å². The van der Waals surface area contributed by atoms with Crippen LogP contribution in [0.4, 0.5) is 10.1 Å². The number of primary amides is 1. The number of nitrogens with two attached hydrogens (primary N) is 1. The maximum atomic E-state index is 14.4. The first-order valence-electron chi connectivity index (χ1n) is 7.35. The van der Waals surface area contributed by atoms with Gasteiger partial charge in [-0.05, 0) is 77.1 Å². The summed E-state index contributed by atoms with van der Waals surface area (Å²) in [5.41, 5.74) is 5.15. The van der Waals surface area contributed by atoms with Crippen LogP contribution in [0.1, 0.15) is 30.1 Å². The number of hydrogen-bond donors (Lipinski definition) is 2. The lowest BCUT2D eigenvalue weighted by molar-refractivity contribution is -0.121. The molecule has 0 bridgehead atoms. The molecule has 8 heteroatoms. The quantitative estimate of drug-likeness (QED) is 0.496. The number of halogens is 3. The number of rotatable bonds is 4. The summed E-state index contributed by atoms with van der Waals surface area (Å²) in [5, 5.41) is 2.56. The van der Waals surface area contributed by atoms with E-state index in [0.717, 1.165) is 32.5 Å².